The maximum atomic E-state index is 4.04. The Morgan fingerprint density at radius 3 is 2.67 bits per heavy atom. The average molecular weight is 122 g/mol. The van der Waals surface area contributed by atoms with E-state index in [1.165, 1.54) is 0 Å². The van der Waals surface area contributed by atoms with Crippen molar-refractivity contribution in [1.29, 1.82) is 0 Å². The van der Waals surface area contributed by atoms with Crippen LogP contribution in [0.3, 0.4) is 0 Å². The maximum absolute atomic E-state index is 4.04. The molecule has 0 aromatic heterocycles. The molecule has 0 amide bonds. The van der Waals surface area contributed by atoms with Gasteiger partial charge in [0.2, 0.25) is 0 Å². The smallest absolute Gasteiger partial charge is 0.0926 e. The van der Waals surface area contributed by atoms with Crippen molar-refractivity contribution in [1.82, 2.24) is 5.32 Å². The van der Waals surface area contributed by atoms with E-state index in [1.54, 1.807) is 6.34 Å². The molecule has 0 radical (unpaired) electrons. The molecule has 0 saturated heterocycles. The zero-order valence-electron chi connectivity index (χ0n) is 5.73. The van der Waals surface area contributed by atoms with E-state index in [2.05, 4.69) is 16.9 Å². The summed E-state index contributed by atoms with van der Waals surface area (Å²) in [5.41, 5.74) is 3.12. The van der Waals surface area contributed by atoms with Gasteiger partial charge < -0.3 is 5.32 Å². The van der Waals surface area contributed by atoms with Crippen LogP contribution in [0.1, 0.15) is 13.8 Å². The van der Waals surface area contributed by atoms with Gasteiger partial charge in [-0.25, -0.2) is 4.99 Å². The summed E-state index contributed by atoms with van der Waals surface area (Å²) in [5.74, 6) is 0. The SMILES string of the molecule is C=C1NC=NC(C)=C1C. The molecule has 0 fully saturated rings. The highest BCUT2D eigenvalue weighted by Gasteiger charge is 2.02. The second kappa shape index (κ2) is 2.05. The molecular weight excluding hydrogens is 112 g/mol. The van der Waals surface area contributed by atoms with E-state index in [9.17, 15) is 0 Å². The molecule has 1 aliphatic rings. The molecule has 0 aliphatic carbocycles. The Morgan fingerprint density at radius 2 is 2.22 bits per heavy atom. The highest BCUT2D eigenvalue weighted by atomic mass is 15.0. The number of nitrogens with zero attached hydrogens (tertiary/aromatic N) is 1. The fourth-order valence-corrected chi connectivity index (χ4v) is 0.630. The van der Waals surface area contributed by atoms with Gasteiger partial charge >= 0.3 is 0 Å². The maximum Gasteiger partial charge on any atom is 0.0926 e. The molecule has 0 aromatic carbocycles. The second-order valence-corrected chi connectivity index (χ2v) is 2.09. The lowest BCUT2D eigenvalue weighted by Gasteiger charge is -2.11. The first-order valence-corrected chi connectivity index (χ1v) is 2.87. The summed E-state index contributed by atoms with van der Waals surface area (Å²) in [6.07, 6.45) is 1.66. The largest absolute Gasteiger partial charge is 0.347 e. The van der Waals surface area contributed by atoms with Gasteiger partial charge in [0.15, 0.2) is 0 Å². The fraction of sp³-hybridized carbons (Fsp3) is 0.286. The third kappa shape index (κ3) is 1.02. The van der Waals surface area contributed by atoms with Crippen LogP contribution in [-0.4, -0.2) is 6.34 Å². The molecule has 0 atom stereocenters. The highest BCUT2D eigenvalue weighted by molar-refractivity contribution is 5.64. The summed E-state index contributed by atoms with van der Waals surface area (Å²) in [5, 5.41) is 2.92. The van der Waals surface area contributed by atoms with E-state index in [4.69, 9.17) is 0 Å². The number of hydrogen-bond donors (Lipinski definition) is 1. The van der Waals surface area contributed by atoms with Crippen LogP contribution in [-0.2, 0) is 0 Å². The van der Waals surface area contributed by atoms with Crippen LogP contribution in [0.15, 0.2) is 28.5 Å². The molecule has 48 valence electrons. The first kappa shape index (κ1) is 6.08. The highest BCUT2D eigenvalue weighted by Crippen LogP contribution is 2.12. The Hall–Kier alpha value is -1.05. The van der Waals surface area contributed by atoms with E-state index >= 15 is 0 Å². The first-order chi connectivity index (χ1) is 4.22. The quantitative estimate of drug-likeness (QED) is 0.516. The van der Waals surface area contributed by atoms with Gasteiger partial charge in [-0.2, -0.15) is 0 Å². The fourth-order valence-electron chi connectivity index (χ4n) is 0.630. The van der Waals surface area contributed by atoms with Crippen molar-refractivity contribution in [3.8, 4) is 0 Å². The molecule has 0 aromatic rings. The van der Waals surface area contributed by atoms with Crippen molar-refractivity contribution in [3.05, 3.63) is 23.5 Å². The van der Waals surface area contributed by atoms with E-state index < -0.39 is 0 Å². The molecule has 1 aliphatic heterocycles. The number of allylic oxidation sites excluding steroid dienone is 2. The van der Waals surface area contributed by atoms with Crippen LogP contribution >= 0.6 is 0 Å². The van der Waals surface area contributed by atoms with Crippen LogP contribution in [0.25, 0.3) is 0 Å². The van der Waals surface area contributed by atoms with Crippen LogP contribution in [0.4, 0.5) is 0 Å². The third-order valence-electron chi connectivity index (χ3n) is 1.49. The molecular formula is C7H10N2. The van der Waals surface area contributed by atoms with Crippen molar-refractivity contribution in [2.24, 2.45) is 4.99 Å². The van der Waals surface area contributed by atoms with Crippen molar-refractivity contribution < 1.29 is 0 Å². The lowest BCUT2D eigenvalue weighted by molar-refractivity contribution is 1.06. The number of nitrogens with one attached hydrogen (secondary N) is 1. The summed E-state index contributed by atoms with van der Waals surface area (Å²) >= 11 is 0. The van der Waals surface area contributed by atoms with E-state index in [0.717, 1.165) is 17.0 Å². The van der Waals surface area contributed by atoms with E-state index in [0.29, 0.717) is 0 Å². The van der Waals surface area contributed by atoms with Gasteiger partial charge in [0.05, 0.1) is 6.34 Å². The Kier molecular flexibility index (Phi) is 1.39. The Bertz CT molecular complexity index is 199. The minimum Gasteiger partial charge on any atom is -0.347 e. The van der Waals surface area contributed by atoms with Gasteiger partial charge in [-0.1, -0.05) is 6.58 Å². The summed E-state index contributed by atoms with van der Waals surface area (Å²) < 4.78 is 0. The summed E-state index contributed by atoms with van der Waals surface area (Å²) in [7, 11) is 0. The summed E-state index contributed by atoms with van der Waals surface area (Å²) in [4.78, 5) is 4.04. The van der Waals surface area contributed by atoms with Gasteiger partial charge in [-0.15, -0.1) is 0 Å². The minimum absolute atomic E-state index is 0.947. The molecule has 0 saturated carbocycles. The summed E-state index contributed by atoms with van der Waals surface area (Å²) in [6.45, 7) is 7.76. The van der Waals surface area contributed by atoms with Gasteiger partial charge in [0.25, 0.3) is 0 Å². The van der Waals surface area contributed by atoms with Crippen molar-refractivity contribution in [2.45, 2.75) is 13.8 Å². The van der Waals surface area contributed by atoms with Gasteiger partial charge in [-0.3, -0.25) is 0 Å². The predicted octanol–water partition coefficient (Wildman–Crippen LogP) is 1.43. The minimum atomic E-state index is 0.947. The average Bonchev–Trinajstić information content (AvgIpc) is 1.83. The molecule has 1 N–H and O–H groups in total. The Labute approximate surface area is 55.0 Å². The van der Waals surface area contributed by atoms with Crippen LogP contribution in [0.5, 0.6) is 0 Å². The van der Waals surface area contributed by atoms with Gasteiger partial charge in [-0.05, 0) is 19.4 Å². The molecule has 2 heteroatoms. The normalized spacial score (nSPS) is 18.2. The molecule has 1 heterocycles. The monoisotopic (exact) mass is 122 g/mol. The first-order valence-electron chi connectivity index (χ1n) is 2.87. The van der Waals surface area contributed by atoms with E-state index in [1.807, 2.05) is 13.8 Å². The lowest BCUT2D eigenvalue weighted by Crippen LogP contribution is -2.14. The third-order valence-corrected chi connectivity index (χ3v) is 1.49. The Balaban J connectivity index is 2.97. The molecule has 0 spiro atoms. The molecule has 2 nitrogen and oxygen atoms in total. The molecule has 1 rings (SSSR count). The van der Waals surface area contributed by atoms with Crippen LogP contribution in [0, 0.1) is 0 Å². The van der Waals surface area contributed by atoms with Crippen molar-refractivity contribution >= 4 is 6.34 Å². The van der Waals surface area contributed by atoms with Crippen LogP contribution < -0.4 is 5.32 Å². The zero-order valence-corrected chi connectivity index (χ0v) is 5.73. The van der Waals surface area contributed by atoms with Gasteiger partial charge in [0, 0.05) is 11.4 Å². The standard InChI is InChI=1S/C7H10N2/c1-5-6(2)8-4-9-7(5)3/h4H,2H2,1,3H3,(H,8,9). The van der Waals surface area contributed by atoms with Crippen LogP contribution in [0.2, 0.25) is 0 Å². The summed E-state index contributed by atoms with van der Waals surface area (Å²) in [6, 6.07) is 0. The Morgan fingerprint density at radius 1 is 1.56 bits per heavy atom. The molecule has 0 bridgehead atoms. The van der Waals surface area contributed by atoms with E-state index in [-0.39, 0.29) is 0 Å². The van der Waals surface area contributed by atoms with Crippen molar-refractivity contribution in [2.75, 3.05) is 0 Å². The van der Waals surface area contributed by atoms with Gasteiger partial charge in [0.1, 0.15) is 0 Å². The lowest BCUT2D eigenvalue weighted by atomic mass is 10.2. The van der Waals surface area contributed by atoms with Crippen molar-refractivity contribution in [3.63, 3.8) is 0 Å². The second-order valence-electron chi connectivity index (χ2n) is 2.09. The number of rotatable bonds is 0. The molecule has 0 unspecified atom stereocenters. The number of hydrogen-bond acceptors (Lipinski definition) is 2. The predicted molar refractivity (Wildman–Crippen MR) is 39.1 cm³/mol. The number of aliphatic imine (C=N–C) groups is 1. The topological polar surface area (TPSA) is 24.4 Å². The zero-order chi connectivity index (χ0) is 6.85. The molecule has 9 heavy (non-hydrogen) atoms.